The summed E-state index contributed by atoms with van der Waals surface area (Å²) in [5, 5.41) is 0. The highest BCUT2D eigenvalue weighted by atomic mass is 16.1. The zero-order valence-corrected chi connectivity index (χ0v) is 7.79. The average molecular weight is 166 g/mol. The molecular formula is C9H14N2O. The van der Waals surface area contributed by atoms with E-state index in [1.807, 2.05) is 25.5 Å². The normalized spacial score (nSPS) is 10.2. The van der Waals surface area contributed by atoms with Gasteiger partial charge in [0.05, 0.1) is 0 Å². The van der Waals surface area contributed by atoms with Crippen LogP contribution < -0.4 is 0 Å². The van der Waals surface area contributed by atoms with E-state index in [4.69, 9.17) is 0 Å². The number of Topliss-reactive ketones (excluding diaryl/α,β-unsaturated/α-hetero) is 1. The standard InChI is InChI=1S/C9H14N2O/c1-4-5-9(12)8-6-11(3)7(2)10-8/h6H,4-5H2,1-3H3. The highest BCUT2D eigenvalue weighted by molar-refractivity contribution is 5.94. The van der Waals surface area contributed by atoms with Crippen molar-refractivity contribution >= 4 is 5.78 Å². The van der Waals surface area contributed by atoms with Gasteiger partial charge in [0.25, 0.3) is 0 Å². The molecule has 1 aromatic rings. The van der Waals surface area contributed by atoms with Gasteiger partial charge in [-0.3, -0.25) is 4.79 Å². The molecule has 0 unspecified atom stereocenters. The molecule has 0 N–H and O–H groups in total. The molecule has 0 radical (unpaired) electrons. The largest absolute Gasteiger partial charge is 0.337 e. The van der Waals surface area contributed by atoms with Gasteiger partial charge in [-0.05, 0) is 13.3 Å². The molecule has 1 aromatic heterocycles. The van der Waals surface area contributed by atoms with Crippen LogP contribution >= 0.6 is 0 Å². The van der Waals surface area contributed by atoms with Crippen LogP contribution in [0.15, 0.2) is 6.20 Å². The molecule has 0 aliphatic rings. The predicted octanol–water partition coefficient (Wildman–Crippen LogP) is 1.71. The van der Waals surface area contributed by atoms with Crippen LogP contribution in [0.2, 0.25) is 0 Å². The third-order valence-corrected chi connectivity index (χ3v) is 1.87. The third kappa shape index (κ3) is 1.72. The van der Waals surface area contributed by atoms with Crippen LogP contribution in [0.1, 0.15) is 36.1 Å². The zero-order valence-electron chi connectivity index (χ0n) is 7.79. The quantitative estimate of drug-likeness (QED) is 0.641. The molecule has 0 aliphatic carbocycles. The molecule has 0 aromatic carbocycles. The number of ketones is 1. The number of hydrogen-bond acceptors (Lipinski definition) is 2. The summed E-state index contributed by atoms with van der Waals surface area (Å²) in [5.41, 5.74) is 0.594. The van der Waals surface area contributed by atoms with E-state index < -0.39 is 0 Å². The second-order valence-corrected chi connectivity index (χ2v) is 2.96. The smallest absolute Gasteiger partial charge is 0.182 e. The maximum atomic E-state index is 11.3. The van der Waals surface area contributed by atoms with Crippen LogP contribution in [0.4, 0.5) is 0 Å². The van der Waals surface area contributed by atoms with E-state index in [1.54, 1.807) is 6.20 Å². The Hall–Kier alpha value is -1.12. The Labute approximate surface area is 72.4 Å². The van der Waals surface area contributed by atoms with Crippen LogP contribution in [0.25, 0.3) is 0 Å². The van der Waals surface area contributed by atoms with Crippen molar-refractivity contribution in [1.29, 1.82) is 0 Å². The second kappa shape index (κ2) is 3.52. The lowest BCUT2D eigenvalue weighted by atomic mass is 10.2. The molecule has 1 rings (SSSR count). The summed E-state index contributed by atoms with van der Waals surface area (Å²) in [6.07, 6.45) is 3.26. The summed E-state index contributed by atoms with van der Waals surface area (Å²) in [6.45, 7) is 3.89. The van der Waals surface area contributed by atoms with E-state index in [2.05, 4.69) is 4.98 Å². The van der Waals surface area contributed by atoms with Gasteiger partial charge in [-0.25, -0.2) is 4.98 Å². The molecule has 66 valence electrons. The fraction of sp³-hybridized carbons (Fsp3) is 0.556. The van der Waals surface area contributed by atoms with Crippen molar-refractivity contribution in [2.45, 2.75) is 26.7 Å². The van der Waals surface area contributed by atoms with Crippen LogP contribution in [-0.2, 0) is 7.05 Å². The zero-order chi connectivity index (χ0) is 9.14. The molecule has 12 heavy (non-hydrogen) atoms. The van der Waals surface area contributed by atoms with E-state index in [0.717, 1.165) is 12.2 Å². The molecule has 0 spiro atoms. The Morgan fingerprint density at radius 2 is 2.33 bits per heavy atom. The van der Waals surface area contributed by atoms with Gasteiger partial charge in [0.1, 0.15) is 11.5 Å². The number of rotatable bonds is 3. The van der Waals surface area contributed by atoms with Gasteiger partial charge in [-0.1, -0.05) is 6.92 Å². The van der Waals surface area contributed by atoms with Gasteiger partial charge in [0, 0.05) is 19.7 Å². The van der Waals surface area contributed by atoms with Crippen molar-refractivity contribution in [1.82, 2.24) is 9.55 Å². The van der Waals surface area contributed by atoms with Gasteiger partial charge in [0.15, 0.2) is 5.78 Å². The van der Waals surface area contributed by atoms with E-state index in [0.29, 0.717) is 12.1 Å². The number of aromatic nitrogens is 2. The summed E-state index contributed by atoms with van der Waals surface area (Å²) in [5.74, 6) is 1.02. The van der Waals surface area contributed by atoms with E-state index >= 15 is 0 Å². The number of aryl methyl sites for hydroxylation is 2. The van der Waals surface area contributed by atoms with E-state index in [9.17, 15) is 4.79 Å². The minimum Gasteiger partial charge on any atom is -0.337 e. The summed E-state index contributed by atoms with van der Waals surface area (Å²) >= 11 is 0. The van der Waals surface area contributed by atoms with Crippen molar-refractivity contribution in [2.24, 2.45) is 7.05 Å². The maximum Gasteiger partial charge on any atom is 0.182 e. The molecule has 0 atom stereocenters. The molecule has 3 nitrogen and oxygen atoms in total. The molecule has 0 saturated carbocycles. The molecule has 1 heterocycles. The van der Waals surface area contributed by atoms with Crippen LogP contribution in [0.3, 0.4) is 0 Å². The Kier molecular flexibility index (Phi) is 2.63. The molecular weight excluding hydrogens is 152 g/mol. The molecule has 0 amide bonds. The average Bonchev–Trinajstić information content (AvgIpc) is 2.33. The molecule has 0 fully saturated rings. The van der Waals surface area contributed by atoms with Gasteiger partial charge >= 0.3 is 0 Å². The number of hydrogen-bond donors (Lipinski definition) is 0. The van der Waals surface area contributed by atoms with Crippen LogP contribution in [-0.4, -0.2) is 15.3 Å². The predicted molar refractivity (Wildman–Crippen MR) is 47.2 cm³/mol. The van der Waals surface area contributed by atoms with Crippen molar-refractivity contribution in [3.63, 3.8) is 0 Å². The van der Waals surface area contributed by atoms with E-state index in [1.165, 1.54) is 0 Å². The summed E-state index contributed by atoms with van der Waals surface area (Å²) in [6, 6.07) is 0. The number of imidazole rings is 1. The van der Waals surface area contributed by atoms with Crippen LogP contribution in [0.5, 0.6) is 0 Å². The number of nitrogens with zero attached hydrogens (tertiary/aromatic N) is 2. The molecule has 0 aliphatic heterocycles. The van der Waals surface area contributed by atoms with Crippen LogP contribution in [0, 0.1) is 6.92 Å². The monoisotopic (exact) mass is 166 g/mol. The van der Waals surface area contributed by atoms with Crippen molar-refractivity contribution in [2.75, 3.05) is 0 Å². The van der Waals surface area contributed by atoms with E-state index in [-0.39, 0.29) is 5.78 Å². The Morgan fingerprint density at radius 1 is 1.67 bits per heavy atom. The minimum atomic E-state index is 0.140. The van der Waals surface area contributed by atoms with Crippen molar-refractivity contribution in [3.8, 4) is 0 Å². The third-order valence-electron chi connectivity index (χ3n) is 1.87. The fourth-order valence-electron chi connectivity index (χ4n) is 1.05. The number of carbonyl (C=O) groups excluding carboxylic acids is 1. The lowest BCUT2D eigenvalue weighted by Crippen LogP contribution is -1.97. The lowest BCUT2D eigenvalue weighted by Gasteiger charge is -1.90. The summed E-state index contributed by atoms with van der Waals surface area (Å²) in [7, 11) is 1.89. The second-order valence-electron chi connectivity index (χ2n) is 2.96. The molecule has 3 heteroatoms. The highest BCUT2D eigenvalue weighted by Crippen LogP contribution is 2.04. The van der Waals surface area contributed by atoms with Crippen molar-refractivity contribution < 1.29 is 4.79 Å². The maximum absolute atomic E-state index is 11.3. The first kappa shape index (κ1) is 8.97. The van der Waals surface area contributed by atoms with Gasteiger partial charge in [0.2, 0.25) is 0 Å². The minimum absolute atomic E-state index is 0.140. The Bertz CT molecular complexity index is 269. The van der Waals surface area contributed by atoms with Gasteiger partial charge < -0.3 is 4.57 Å². The molecule has 0 bridgehead atoms. The Morgan fingerprint density at radius 3 is 2.75 bits per heavy atom. The number of carbonyl (C=O) groups is 1. The summed E-state index contributed by atoms with van der Waals surface area (Å²) < 4.78 is 1.86. The van der Waals surface area contributed by atoms with Gasteiger partial charge in [-0.15, -0.1) is 0 Å². The first-order valence-electron chi connectivity index (χ1n) is 4.18. The summed E-state index contributed by atoms with van der Waals surface area (Å²) in [4.78, 5) is 15.5. The van der Waals surface area contributed by atoms with Crippen molar-refractivity contribution in [3.05, 3.63) is 17.7 Å². The lowest BCUT2D eigenvalue weighted by molar-refractivity contribution is 0.0977. The first-order chi connectivity index (χ1) is 5.65. The van der Waals surface area contributed by atoms with Gasteiger partial charge in [-0.2, -0.15) is 0 Å². The first-order valence-corrected chi connectivity index (χ1v) is 4.18. The fourth-order valence-corrected chi connectivity index (χ4v) is 1.05. The topological polar surface area (TPSA) is 34.9 Å². The highest BCUT2D eigenvalue weighted by Gasteiger charge is 2.08. The Balaban J connectivity index is 2.82. The molecule has 0 saturated heterocycles. The SMILES string of the molecule is CCCC(=O)c1cn(C)c(C)n1.